The van der Waals surface area contributed by atoms with Gasteiger partial charge in [0, 0.05) is 37.6 Å². The van der Waals surface area contributed by atoms with Crippen LogP contribution in [0.4, 0.5) is 0 Å². The zero-order valence-corrected chi connectivity index (χ0v) is 12.6. The van der Waals surface area contributed by atoms with Gasteiger partial charge in [0.05, 0.1) is 0 Å². The Balaban J connectivity index is 1.72. The first-order valence-electron chi connectivity index (χ1n) is 7.62. The Hall–Kier alpha value is -0.870. The van der Waals surface area contributed by atoms with Crippen LogP contribution < -0.4 is 5.32 Å². The minimum absolute atomic E-state index is 0.755. The van der Waals surface area contributed by atoms with Crippen molar-refractivity contribution in [1.82, 2.24) is 19.8 Å². The molecule has 1 aliphatic carbocycles. The van der Waals surface area contributed by atoms with E-state index in [1.807, 2.05) is 6.20 Å². The van der Waals surface area contributed by atoms with E-state index in [9.17, 15) is 0 Å². The summed E-state index contributed by atoms with van der Waals surface area (Å²) in [6, 6.07) is 1.52. The van der Waals surface area contributed by atoms with Gasteiger partial charge in [0.25, 0.3) is 0 Å². The van der Waals surface area contributed by atoms with E-state index in [-0.39, 0.29) is 0 Å². The Morgan fingerprint density at radius 3 is 2.68 bits per heavy atom. The molecule has 0 aliphatic heterocycles. The number of rotatable bonds is 6. The number of aryl methyl sites for hydroxylation is 1. The average Bonchev–Trinajstić information content (AvgIpc) is 2.83. The summed E-state index contributed by atoms with van der Waals surface area (Å²) >= 11 is 0. The van der Waals surface area contributed by atoms with E-state index in [1.54, 1.807) is 0 Å². The van der Waals surface area contributed by atoms with Crippen LogP contribution in [0.25, 0.3) is 0 Å². The van der Waals surface area contributed by atoms with Crippen molar-refractivity contribution >= 4 is 0 Å². The summed E-state index contributed by atoms with van der Waals surface area (Å²) in [7, 11) is 2.27. The lowest BCUT2D eigenvalue weighted by Gasteiger charge is -2.35. The molecule has 0 atom stereocenters. The maximum atomic E-state index is 4.27. The van der Waals surface area contributed by atoms with Gasteiger partial charge in [-0.25, -0.2) is 4.98 Å². The maximum Gasteiger partial charge on any atom is 0.105 e. The molecule has 4 nitrogen and oxygen atoms in total. The summed E-state index contributed by atoms with van der Waals surface area (Å²) in [5, 5.41) is 3.57. The van der Waals surface area contributed by atoms with Crippen molar-refractivity contribution < 1.29 is 0 Å². The number of hydrogen-bond donors (Lipinski definition) is 1. The van der Waals surface area contributed by atoms with Crippen molar-refractivity contribution in [2.75, 3.05) is 20.1 Å². The number of nitrogens with zero attached hydrogens (tertiary/aromatic N) is 3. The molecule has 108 valence electrons. The molecule has 1 saturated carbocycles. The van der Waals surface area contributed by atoms with Crippen LogP contribution >= 0.6 is 0 Å². The van der Waals surface area contributed by atoms with Crippen molar-refractivity contribution in [3.8, 4) is 0 Å². The fourth-order valence-electron chi connectivity index (χ4n) is 3.10. The fraction of sp³-hybridized carbons (Fsp3) is 0.800. The second kappa shape index (κ2) is 7.06. The number of hydrogen-bond acceptors (Lipinski definition) is 3. The lowest BCUT2D eigenvalue weighted by atomic mass is 9.90. The SMILES string of the molecule is CCNC1CCC(N(C)CCn2ccnc2C)CC1. The maximum absolute atomic E-state index is 4.27. The van der Waals surface area contributed by atoms with Crippen LogP contribution in [0.15, 0.2) is 12.4 Å². The molecule has 0 amide bonds. The van der Waals surface area contributed by atoms with E-state index in [4.69, 9.17) is 0 Å². The van der Waals surface area contributed by atoms with E-state index in [0.717, 1.165) is 37.5 Å². The van der Waals surface area contributed by atoms with Crippen LogP contribution in [0, 0.1) is 6.92 Å². The molecule has 1 aromatic heterocycles. The molecule has 0 saturated heterocycles. The largest absolute Gasteiger partial charge is 0.334 e. The first-order chi connectivity index (χ1) is 9.20. The van der Waals surface area contributed by atoms with Gasteiger partial charge in [0.15, 0.2) is 0 Å². The van der Waals surface area contributed by atoms with Crippen molar-refractivity contribution in [2.45, 2.75) is 58.2 Å². The van der Waals surface area contributed by atoms with Gasteiger partial charge in [-0.2, -0.15) is 0 Å². The number of aromatic nitrogens is 2. The molecule has 1 heterocycles. The normalized spacial score (nSPS) is 24.0. The molecular formula is C15H28N4. The van der Waals surface area contributed by atoms with Gasteiger partial charge in [-0.15, -0.1) is 0 Å². The molecule has 0 radical (unpaired) electrons. The monoisotopic (exact) mass is 264 g/mol. The summed E-state index contributed by atoms with van der Waals surface area (Å²) in [4.78, 5) is 6.80. The van der Waals surface area contributed by atoms with Crippen LogP contribution in [0.3, 0.4) is 0 Å². The highest BCUT2D eigenvalue weighted by molar-refractivity contribution is 4.89. The Kier molecular flexibility index (Phi) is 5.40. The quantitative estimate of drug-likeness (QED) is 0.853. The summed E-state index contributed by atoms with van der Waals surface area (Å²) in [5.41, 5.74) is 0. The average molecular weight is 264 g/mol. The molecular weight excluding hydrogens is 236 g/mol. The van der Waals surface area contributed by atoms with Crippen LogP contribution in [0.1, 0.15) is 38.4 Å². The standard InChI is InChI=1S/C15H28N4/c1-4-16-14-5-7-15(8-6-14)18(3)11-12-19-10-9-17-13(19)2/h9-10,14-16H,4-8,11-12H2,1-3H3. The predicted molar refractivity (Wildman–Crippen MR) is 79.3 cm³/mol. The van der Waals surface area contributed by atoms with Gasteiger partial charge in [0.2, 0.25) is 0 Å². The van der Waals surface area contributed by atoms with Crippen molar-refractivity contribution in [1.29, 1.82) is 0 Å². The third kappa shape index (κ3) is 4.05. The summed E-state index contributed by atoms with van der Waals surface area (Å²) in [5.74, 6) is 1.12. The number of likely N-dealkylation sites (N-methyl/N-ethyl adjacent to an activating group) is 1. The smallest absolute Gasteiger partial charge is 0.105 e. The summed E-state index contributed by atoms with van der Waals surface area (Å²) < 4.78 is 2.24. The predicted octanol–water partition coefficient (Wildman–Crippen LogP) is 2.04. The van der Waals surface area contributed by atoms with Gasteiger partial charge in [-0.3, -0.25) is 0 Å². The minimum Gasteiger partial charge on any atom is -0.334 e. The van der Waals surface area contributed by atoms with E-state index in [0.29, 0.717) is 0 Å². The Labute approximate surface area is 117 Å². The van der Waals surface area contributed by atoms with Gasteiger partial charge < -0.3 is 14.8 Å². The zero-order valence-electron chi connectivity index (χ0n) is 12.6. The fourth-order valence-corrected chi connectivity index (χ4v) is 3.10. The van der Waals surface area contributed by atoms with Gasteiger partial charge in [0.1, 0.15) is 5.82 Å². The molecule has 1 aliphatic rings. The zero-order chi connectivity index (χ0) is 13.7. The molecule has 0 unspecified atom stereocenters. The van der Waals surface area contributed by atoms with Gasteiger partial charge in [-0.05, 0) is 46.2 Å². The Morgan fingerprint density at radius 2 is 2.11 bits per heavy atom. The molecule has 4 heteroatoms. The van der Waals surface area contributed by atoms with Crippen molar-refractivity contribution in [3.63, 3.8) is 0 Å². The summed E-state index contributed by atoms with van der Waals surface area (Å²) in [6.07, 6.45) is 9.27. The minimum atomic E-state index is 0.755. The second-order valence-corrected chi connectivity index (χ2v) is 5.71. The first-order valence-corrected chi connectivity index (χ1v) is 7.62. The molecule has 1 aromatic rings. The van der Waals surface area contributed by atoms with Crippen molar-refractivity contribution in [3.05, 3.63) is 18.2 Å². The van der Waals surface area contributed by atoms with Crippen LogP contribution in [0.5, 0.6) is 0 Å². The third-order valence-electron chi connectivity index (χ3n) is 4.43. The number of imidazole rings is 1. The highest BCUT2D eigenvalue weighted by Crippen LogP contribution is 2.22. The van der Waals surface area contributed by atoms with Crippen LogP contribution in [-0.4, -0.2) is 46.7 Å². The molecule has 1 N–H and O–H groups in total. The molecule has 1 fully saturated rings. The summed E-state index contributed by atoms with van der Waals surface area (Å²) in [6.45, 7) is 7.54. The topological polar surface area (TPSA) is 33.1 Å². The van der Waals surface area contributed by atoms with Crippen LogP contribution in [-0.2, 0) is 6.54 Å². The highest BCUT2D eigenvalue weighted by Gasteiger charge is 2.23. The lowest BCUT2D eigenvalue weighted by Crippen LogP contribution is -2.41. The number of nitrogens with one attached hydrogen (secondary N) is 1. The van der Waals surface area contributed by atoms with Crippen LogP contribution in [0.2, 0.25) is 0 Å². The van der Waals surface area contributed by atoms with E-state index in [2.05, 4.69) is 46.9 Å². The van der Waals surface area contributed by atoms with E-state index >= 15 is 0 Å². The second-order valence-electron chi connectivity index (χ2n) is 5.71. The van der Waals surface area contributed by atoms with Gasteiger partial charge >= 0.3 is 0 Å². The molecule has 2 rings (SSSR count). The lowest BCUT2D eigenvalue weighted by molar-refractivity contribution is 0.169. The van der Waals surface area contributed by atoms with E-state index < -0.39 is 0 Å². The van der Waals surface area contributed by atoms with Gasteiger partial charge in [-0.1, -0.05) is 6.92 Å². The molecule has 0 spiro atoms. The highest BCUT2D eigenvalue weighted by atomic mass is 15.2. The molecule has 0 bridgehead atoms. The first kappa shape index (κ1) is 14.5. The Morgan fingerprint density at radius 1 is 1.37 bits per heavy atom. The van der Waals surface area contributed by atoms with Crippen molar-refractivity contribution in [2.24, 2.45) is 0 Å². The third-order valence-corrected chi connectivity index (χ3v) is 4.43. The Bertz CT molecular complexity index is 366. The molecule has 0 aromatic carbocycles. The van der Waals surface area contributed by atoms with E-state index in [1.165, 1.54) is 25.7 Å². The molecule has 19 heavy (non-hydrogen) atoms.